The number of anilines is 1. The van der Waals surface area contributed by atoms with Crippen molar-refractivity contribution in [1.29, 1.82) is 0 Å². The van der Waals surface area contributed by atoms with E-state index in [1.807, 2.05) is 0 Å². The summed E-state index contributed by atoms with van der Waals surface area (Å²) < 4.78 is 1.60. The van der Waals surface area contributed by atoms with Crippen LogP contribution in [-0.2, 0) is 6.54 Å². The topological polar surface area (TPSA) is 113 Å². The summed E-state index contributed by atoms with van der Waals surface area (Å²) in [7, 11) is 0. The molecular formula is C8H7BrN6O2. The summed E-state index contributed by atoms with van der Waals surface area (Å²) in [4.78, 5) is 17.5. The summed E-state index contributed by atoms with van der Waals surface area (Å²) in [6.07, 6.45) is 0. The van der Waals surface area contributed by atoms with E-state index in [-0.39, 0.29) is 11.3 Å². The third kappa shape index (κ3) is 2.56. The molecule has 2 aromatic rings. The Hall–Kier alpha value is -2.03. The van der Waals surface area contributed by atoms with Crippen molar-refractivity contribution in [2.75, 3.05) is 5.73 Å². The minimum absolute atomic E-state index is 0.256. The molecule has 0 aliphatic heterocycles. The number of halogens is 1. The van der Waals surface area contributed by atoms with Crippen LogP contribution in [0.1, 0.15) is 5.69 Å². The quantitative estimate of drug-likeness (QED) is 0.667. The van der Waals surface area contributed by atoms with Crippen LogP contribution < -0.4 is 5.73 Å². The van der Waals surface area contributed by atoms with Crippen molar-refractivity contribution in [3.63, 3.8) is 0 Å². The molecule has 0 aliphatic rings. The Morgan fingerprint density at radius 2 is 2.24 bits per heavy atom. The molecule has 88 valence electrons. The fourth-order valence-corrected chi connectivity index (χ4v) is 1.59. The standard InChI is InChI=1S/C8H7BrN6O2/c9-7-12-8(15(16)17)13-14(7)4-5-2-1-3-6(10)11-5/h1-3H,4H2,(H2,10,11). The molecule has 0 aromatic carbocycles. The number of aromatic nitrogens is 4. The Morgan fingerprint density at radius 1 is 1.47 bits per heavy atom. The van der Waals surface area contributed by atoms with Gasteiger partial charge in [-0.2, -0.15) is 4.68 Å². The van der Waals surface area contributed by atoms with Gasteiger partial charge < -0.3 is 15.8 Å². The third-order valence-corrected chi connectivity index (χ3v) is 2.51. The number of nitrogens with two attached hydrogens (primary N) is 1. The maximum absolute atomic E-state index is 10.5. The van der Waals surface area contributed by atoms with Gasteiger partial charge in [0.15, 0.2) is 0 Å². The fourth-order valence-electron chi connectivity index (χ4n) is 1.23. The van der Waals surface area contributed by atoms with E-state index in [0.717, 1.165) is 0 Å². The van der Waals surface area contributed by atoms with Gasteiger partial charge in [-0.1, -0.05) is 6.07 Å². The summed E-state index contributed by atoms with van der Waals surface area (Å²) in [6.45, 7) is 0.256. The summed E-state index contributed by atoms with van der Waals surface area (Å²) in [5.41, 5.74) is 6.17. The Morgan fingerprint density at radius 3 is 2.82 bits per heavy atom. The molecule has 17 heavy (non-hydrogen) atoms. The minimum atomic E-state index is -0.659. The lowest BCUT2D eigenvalue weighted by Crippen LogP contribution is -2.05. The van der Waals surface area contributed by atoms with Crippen LogP contribution in [0.2, 0.25) is 0 Å². The van der Waals surface area contributed by atoms with Gasteiger partial charge in [0.25, 0.3) is 4.73 Å². The lowest BCUT2D eigenvalue weighted by molar-refractivity contribution is -0.394. The summed E-state index contributed by atoms with van der Waals surface area (Å²) >= 11 is 3.09. The van der Waals surface area contributed by atoms with Gasteiger partial charge in [-0.3, -0.25) is 0 Å². The molecule has 0 bridgehead atoms. The fraction of sp³-hybridized carbons (Fsp3) is 0.125. The van der Waals surface area contributed by atoms with Crippen molar-refractivity contribution in [1.82, 2.24) is 19.7 Å². The Kier molecular flexibility index (Phi) is 3.00. The maximum atomic E-state index is 10.5. The molecule has 2 rings (SSSR count). The lowest BCUT2D eigenvalue weighted by Gasteiger charge is -1.99. The first-order chi connectivity index (χ1) is 8.06. The summed E-state index contributed by atoms with van der Waals surface area (Å²) in [5.74, 6) is -0.0750. The Labute approximate surface area is 104 Å². The Bertz CT molecular complexity index is 569. The highest BCUT2D eigenvalue weighted by Crippen LogP contribution is 2.13. The molecule has 9 heteroatoms. The number of nitrogens with zero attached hydrogens (tertiary/aromatic N) is 5. The molecule has 0 unspecified atom stereocenters. The maximum Gasteiger partial charge on any atom is 0.492 e. The number of pyridine rings is 1. The van der Waals surface area contributed by atoms with Crippen molar-refractivity contribution in [3.05, 3.63) is 38.7 Å². The zero-order chi connectivity index (χ0) is 12.4. The third-order valence-electron chi connectivity index (χ3n) is 1.92. The van der Waals surface area contributed by atoms with Crippen molar-refractivity contribution >= 4 is 27.7 Å². The van der Waals surface area contributed by atoms with Gasteiger partial charge >= 0.3 is 5.95 Å². The SMILES string of the molecule is Nc1cccc(Cn2nc([N+](=O)[O-])nc2Br)n1. The number of hydrogen-bond acceptors (Lipinski definition) is 6. The Balaban J connectivity index is 2.27. The highest BCUT2D eigenvalue weighted by atomic mass is 79.9. The zero-order valence-corrected chi connectivity index (χ0v) is 10.0. The molecule has 0 radical (unpaired) electrons. The van der Waals surface area contributed by atoms with Crippen molar-refractivity contribution in [3.8, 4) is 0 Å². The number of nitrogen functional groups attached to an aromatic ring is 1. The molecule has 2 aromatic heterocycles. The highest BCUT2D eigenvalue weighted by Gasteiger charge is 2.19. The van der Waals surface area contributed by atoms with Crippen LogP contribution >= 0.6 is 15.9 Å². The molecular weight excluding hydrogens is 292 g/mol. The molecule has 0 fully saturated rings. The van der Waals surface area contributed by atoms with Crippen LogP contribution in [-0.4, -0.2) is 24.7 Å². The van der Waals surface area contributed by atoms with Crippen LogP contribution in [0.4, 0.5) is 11.8 Å². The lowest BCUT2D eigenvalue weighted by atomic mass is 10.3. The van der Waals surface area contributed by atoms with E-state index >= 15 is 0 Å². The number of nitro groups is 1. The van der Waals surface area contributed by atoms with E-state index in [0.29, 0.717) is 11.5 Å². The zero-order valence-electron chi connectivity index (χ0n) is 8.45. The van der Waals surface area contributed by atoms with Gasteiger partial charge in [-0.25, -0.2) is 4.98 Å². The van der Waals surface area contributed by atoms with Crippen LogP contribution in [0.15, 0.2) is 22.9 Å². The molecule has 0 saturated carbocycles. The number of hydrogen-bond donors (Lipinski definition) is 1. The monoisotopic (exact) mass is 298 g/mol. The molecule has 2 N–H and O–H groups in total. The predicted octanol–water partition coefficient (Wildman–Crippen LogP) is 0.974. The van der Waals surface area contributed by atoms with Crippen LogP contribution in [0.3, 0.4) is 0 Å². The average molecular weight is 299 g/mol. The molecule has 0 aliphatic carbocycles. The van der Waals surface area contributed by atoms with Gasteiger partial charge in [0, 0.05) is 21.0 Å². The predicted molar refractivity (Wildman–Crippen MR) is 62.1 cm³/mol. The van der Waals surface area contributed by atoms with Gasteiger partial charge in [-0.05, 0) is 22.0 Å². The van der Waals surface area contributed by atoms with E-state index < -0.39 is 10.9 Å². The largest absolute Gasteiger partial charge is 0.492 e. The van der Waals surface area contributed by atoms with Crippen LogP contribution in [0.25, 0.3) is 0 Å². The average Bonchev–Trinajstić information content (AvgIpc) is 2.61. The van der Waals surface area contributed by atoms with Crippen LogP contribution in [0, 0.1) is 10.1 Å². The van der Waals surface area contributed by atoms with Crippen molar-refractivity contribution in [2.24, 2.45) is 0 Å². The van der Waals surface area contributed by atoms with E-state index in [1.54, 1.807) is 18.2 Å². The minimum Gasteiger partial charge on any atom is -0.390 e. The van der Waals surface area contributed by atoms with E-state index in [2.05, 4.69) is 31.0 Å². The van der Waals surface area contributed by atoms with E-state index in [4.69, 9.17) is 5.73 Å². The smallest absolute Gasteiger partial charge is 0.390 e. The molecule has 0 amide bonds. The molecule has 0 spiro atoms. The van der Waals surface area contributed by atoms with Crippen molar-refractivity contribution < 1.29 is 4.92 Å². The van der Waals surface area contributed by atoms with E-state index in [9.17, 15) is 10.1 Å². The second-order valence-electron chi connectivity index (χ2n) is 3.15. The normalized spacial score (nSPS) is 10.4. The number of rotatable bonds is 3. The highest BCUT2D eigenvalue weighted by molar-refractivity contribution is 9.10. The second-order valence-corrected chi connectivity index (χ2v) is 3.86. The van der Waals surface area contributed by atoms with E-state index in [1.165, 1.54) is 4.68 Å². The molecule has 8 nitrogen and oxygen atoms in total. The molecule has 2 heterocycles. The molecule has 0 saturated heterocycles. The second kappa shape index (κ2) is 4.45. The summed E-state index contributed by atoms with van der Waals surface area (Å²) in [5, 5.41) is 14.2. The summed E-state index contributed by atoms with van der Waals surface area (Å²) in [6, 6.07) is 5.15. The first-order valence-corrected chi connectivity index (χ1v) is 5.31. The van der Waals surface area contributed by atoms with Gasteiger partial charge in [-0.15, -0.1) is 0 Å². The van der Waals surface area contributed by atoms with Crippen LogP contribution in [0.5, 0.6) is 0 Å². The molecule has 0 atom stereocenters. The van der Waals surface area contributed by atoms with Crippen molar-refractivity contribution in [2.45, 2.75) is 6.54 Å². The first kappa shape index (κ1) is 11.5. The van der Waals surface area contributed by atoms with Gasteiger partial charge in [0.1, 0.15) is 12.4 Å². The van der Waals surface area contributed by atoms with Gasteiger partial charge in [0.05, 0.1) is 5.69 Å². The first-order valence-electron chi connectivity index (χ1n) is 4.52. The van der Waals surface area contributed by atoms with Gasteiger partial charge in [0.2, 0.25) is 0 Å².